The number of nitrogens with zero attached hydrogens (tertiary/aromatic N) is 6. The van der Waals surface area contributed by atoms with Crippen LogP contribution in [0.2, 0.25) is 0 Å². The van der Waals surface area contributed by atoms with Gasteiger partial charge in [-0.05, 0) is 23.8 Å². The fraction of sp³-hybridized carbons (Fsp3) is 0.190. The summed E-state index contributed by atoms with van der Waals surface area (Å²) in [6, 6.07) is 11.6. The summed E-state index contributed by atoms with van der Waals surface area (Å²) in [6.07, 6.45) is 6.59. The van der Waals surface area contributed by atoms with E-state index in [-0.39, 0.29) is 6.10 Å². The van der Waals surface area contributed by atoms with Crippen molar-refractivity contribution in [2.75, 3.05) is 24.6 Å². The minimum Gasteiger partial charge on any atom is -0.368 e. The molecule has 5 rings (SSSR count). The minimum atomic E-state index is -0.152. The van der Waals surface area contributed by atoms with Crippen LogP contribution in [0.15, 0.2) is 55.4 Å². The van der Waals surface area contributed by atoms with Gasteiger partial charge in [-0.1, -0.05) is 12.1 Å². The van der Waals surface area contributed by atoms with Crippen molar-refractivity contribution in [1.29, 1.82) is 5.26 Å². The van der Waals surface area contributed by atoms with Crippen LogP contribution >= 0.6 is 0 Å². The number of nitrogens with one attached hydrogen (secondary N) is 1. The van der Waals surface area contributed by atoms with E-state index >= 15 is 0 Å². The Hall–Kier alpha value is -3.83. The Labute approximate surface area is 166 Å². The van der Waals surface area contributed by atoms with E-state index < -0.39 is 0 Å². The summed E-state index contributed by atoms with van der Waals surface area (Å²) in [4.78, 5) is 22.7. The van der Waals surface area contributed by atoms with E-state index in [4.69, 9.17) is 4.74 Å². The zero-order chi connectivity index (χ0) is 19.6. The summed E-state index contributed by atoms with van der Waals surface area (Å²) < 4.78 is 5.94. The first-order valence-electron chi connectivity index (χ1n) is 9.28. The SMILES string of the molecule is N#Cc1cccc(-c2c[nH]c3ncnc(N4CCOC(c5ccncn5)C4)c23)c1. The summed E-state index contributed by atoms with van der Waals surface area (Å²) in [7, 11) is 0. The van der Waals surface area contributed by atoms with Crippen LogP contribution < -0.4 is 4.90 Å². The molecule has 1 fully saturated rings. The zero-order valence-corrected chi connectivity index (χ0v) is 15.5. The predicted molar refractivity (Wildman–Crippen MR) is 107 cm³/mol. The average Bonchev–Trinajstić information content (AvgIpc) is 3.24. The molecule has 1 N–H and O–H groups in total. The third kappa shape index (κ3) is 3.17. The minimum absolute atomic E-state index is 0.152. The maximum absolute atomic E-state index is 9.25. The van der Waals surface area contributed by atoms with Gasteiger partial charge in [-0.2, -0.15) is 5.26 Å². The summed E-state index contributed by atoms with van der Waals surface area (Å²) in [5.41, 5.74) is 4.15. The normalized spacial score (nSPS) is 16.7. The number of rotatable bonds is 3. The molecule has 4 aromatic rings. The Kier molecular flexibility index (Phi) is 4.35. The van der Waals surface area contributed by atoms with Gasteiger partial charge in [0.25, 0.3) is 0 Å². The van der Waals surface area contributed by atoms with Crippen LogP contribution in [0, 0.1) is 11.3 Å². The molecule has 8 nitrogen and oxygen atoms in total. The number of anilines is 1. The summed E-state index contributed by atoms with van der Waals surface area (Å²) in [5, 5.41) is 10.2. The largest absolute Gasteiger partial charge is 0.368 e. The molecule has 3 aromatic heterocycles. The van der Waals surface area contributed by atoms with E-state index in [1.54, 1.807) is 18.6 Å². The summed E-state index contributed by atoms with van der Waals surface area (Å²) in [6.45, 7) is 1.92. The van der Waals surface area contributed by atoms with E-state index in [0.29, 0.717) is 18.7 Å². The topological polar surface area (TPSA) is 104 Å². The van der Waals surface area contributed by atoms with Crippen molar-refractivity contribution in [3.8, 4) is 17.2 Å². The Morgan fingerprint density at radius 3 is 3.00 bits per heavy atom. The molecule has 0 saturated carbocycles. The van der Waals surface area contributed by atoms with Gasteiger partial charge in [0.15, 0.2) is 0 Å². The molecular formula is C21H17N7O. The lowest BCUT2D eigenvalue weighted by atomic mass is 10.0. The highest BCUT2D eigenvalue weighted by Crippen LogP contribution is 2.35. The molecular weight excluding hydrogens is 366 g/mol. The van der Waals surface area contributed by atoms with Gasteiger partial charge in [0.2, 0.25) is 0 Å². The molecule has 0 amide bonds. The molecule has 0 radical (unpaired) electrons. The van der Waals surface area contributed by atoms with Crippen molar-refractivity contribution in [3.63, 3.8) is 0 Å². The molecule has 0 bridgehead atoms. The standard InChI is InChI=1S/C21H17N7O/c22-9-14-2-1-3-15(8-14)16-10-24-20-19(16)21(27-13-26-20)28-6-7-29-18(11-28)17-4-5-23-12-25-17/h1-5,8,10,12-13,18H,6-7,11H2,(H,24,26,27). The van der Waals surface area contributed by atoms with Gasteiger partial charge < -0.3 is 14.6 Å². The smallest absolute Gasteiger partial charge is 0.143 e. The summed E-state index contributed by atoms with van der Waals surface area (Å²) in [5.74, 6) is 0.843. The second kappa shape index (κ2) is 7.30. The lowest BCUT2D eigenvalue weighted by Gasteiger charge is -2.33. The van der Waals surface area contributed by atoms with E-state index in [0.717, 1.165) is 40.2 Å². The van der Waals surface area contributed by atoms with Crippen LogP contribution in [0.4, 0.5) is 5.82 Å². The van der Waals surface area contributed by atoms with E-state index in [1.807, 2.05) is 30.5 Å². The van der Waals surface area contributed by atoms with Crippen LogP contribution in [0.25, 0.3) is 22.2 Å². The van der Waals surface area contributed by atoms with Crippen molar-refractivity contribution in [1.82, 2.24) is 24.9 Å². The van der Waals surface area contributed by atoms with Crippen molar-refractivity contribution in [3.05, 3.63) is 66.6 Å². The van der Waals surface area contributed by atoms with Crippen LogP contribution in [0.5, 0.6) is 0 Å². The van der Waals surface area contributed by atoms with Gasteiger partial charge in [-0.3, -0.25) is 0 Å². The molecule has 142 valence electrons. The second-order valence-electron chi connectivity index (χ2n) is 6.76. The zero-order valence-electron chi connectivity index (χ0n) is 15.5. The number of aromatic nitrogens is 5. The molecule has 1 aliphatic heterocycles. The van der Waals surface area contributed by atoms with Gasteiger partial charge in [0, 0.05) is 24.5 Å². The number of fused-ring (bicyclic) bond motifs is 1. The Morgan fingerprint density at radius 2 is 2.14 bits per heavy atom. The van der Waals surface area contributed by atoms with Crippen LogP contribution in [-0.4, -0.2) is 44.6 Å². The third-order valence-electron chi connectivity index (χ3n) is 5.05. The Balaban J connectivity index is 1.57. The van der Waals surface area contributed by atoms with Crippen LogP contribution in [-0.2, 0) is 4.74 Å². The Morgan fingerprint density at radius 1 is 1.17 bits per heavy atom. The van der Waals surface area contributed by atoms with Gasteiger partial charge in [0.05, 0.1) is 35.9 Å². The first-order valence-corrected chi connectivity index (χ1v) is 9.28. The van der Waals surface area contributed by atoms with Crippen molar-refractivity contribution < 1.29 is 4.74 Å². The average molecular weight is 383 g/mol. The van der Waals surface area contributed by atoms with Crippen molar-refractivity contribution >= 4 is 16.9 Å². The quantitative estimate of drug-likeness (QED) is 0.580. The molecule has 1 aromatic carbocycles. The van der Waals surface area contributed by atoms with Crippen LogP contribution in [0.1, 0.15) is 17.4 Å². The Bertz CT molecular complexity index is 1200. The fourth-order valence-corrected chi connectivity index (χ4v) is 3.68. The molecule has 1 atom stereocenters. The molecule has 0 aliphatic carbocycles. The highest BCUT2D eigenvalue weighted by molar-refractivity contribution is 6.01. The molecule has 8 heteroatoms. The summed E-state index contributed by atoms with van der Waals surface area (Å²) >= 11 is 0. The second-order valence-corrected chi connectivity index (χ2v) is 6.76. The molecule has 1 aliphatic rings. The van der Waals surface area contributed by atoms with Gasteiger partial charge in [0.1, 0.15) is 30.2 Å². The number of hydrogen-bond donors (Lipinski definition) is 1. The highest BCUT2D eigenvalue weighted by Gasteiger charge is 2.26. The number of hydrogen-bond acceptors (Lipinski definition) is 7. The van der Waals surface area contributed by atoms with Crippen molar-refractivity contribution in [2.24, 2.45) is 0 Å². The lowest BCUT2D eigenvalue weighted by molar-refractivity contribution is 0.0368. The number of aromatic amines is 1. The lowest BCUT2D eigenvalue weighted by Crippen LogP contribution is -2.39. The van der Waals surface area contributed by atoms with E-state index in [9.17, 15) is 5.26 Å². The first kappa shape index (κ1) is 17.3. The molecule has 4 heterocycles. The molecule has 29 heavy (non-hydrogen) atoms. The first-order chi connectivity index (χ1) is 14.3. The monoisotopic (exact) mass is 383 g/mol. The predicted octanol–water partition coefficient (Wildman–Crippen LogP) is 2.86. The number of benzene rings is 1. The van der Waals surface area contributed by atoms with E-state index in [1.165, 1.54) is 6.33 Å². The van der Waals surface area contributed by atoms with Gasteiger partial charge in [-0.25, -0.2) is 19.9 Å². The fourth-order valence-electron chi connectivity index (χ4n) is 3.68. The number of morpholine rings is 1. The number of H-pyrrole nitrogens is 1. The highest BCUT2D eigenvalue weighted by atomic mass is 16.5. The van der Waals surface area contributed by atoms with Gasteiger partial charge in [-0.15, -0.1) is 0 Å². The maximum Gasteiger partial charge on any atom is 0.143 e. The molecule has 0 spiro atoms. The number of ether oxygens (including phenoxy) is 1. The molecule has 1 saturated heterocycles. The maximum atomic E-state index is 9.25. The third-order valence-corrected chi connectivity index (χ3v) is 5.05. The van der Waals surface area contributed by atoms with Crippen molar-refractivity contribution in [2.45, 2.75) is 6.10 Å². The number of nitriles is 1. The van der Waals surface area contributed by atoms with E-state index in [2.05, 4.69) is 35.9 Å². The van der Waals surface area contributed by atoms with Crippen LogP contribution in [0.3, 0.4) is 0 Å². The van der Waals surface area contributed by atoms with Gasteiger partial charge >= 0.3 is 0 Å². The molecule has 1 unspecified atom stereocenters.